The van der Waals surface area contributed by atoms with Gasteiger partial charge in [-0.25, -0.2) is 8.42 Å². The number of nitrogens with two attached hydrogens (primary N) is 1. The summed E-state index contributed by atoms with van der Waals surface area (Å²) in [6, 6.07) is 0. The van der Waals surface area contributed by atoms with Crippen molar-refractivity contribution >= 4 is 28.3 Å². The van der Waals surface area contributed by atoms with Gasteiger partial charge < -0.3 is 15.4 Å². The van der Waals surface area contributed by atoms with Crippen molar-refractivity contribution in [3.05, 3.63) is 0 Å². The predicted octanol–water partition coefficient (Wildman–Crippen LogP) is 0.0445. The number of sulfonamides is 1. The van der Waals surface area contributed by atoms with Gasteiger partial charge in [-0.3, -0.25) is 4.79 Å². The van der Waals surface area contributed by atoms with Gasteiger partial charge in [-0.15, -0.1) is 12.4 Å². The van der Waals surface area contributed by atoms with Gasteiger partial charge >= 0.3 is 0 Å². The Morgan fingerprint density at radius 2 is 1.79 bits per heavy atom. The van der Waals surface area contributed by atoms with Crippen molar-refractivity contribution in [2.75, 3.05) is 39.0 Å². The summed E-state index contributed by atoms with van der Waals surface area (Å²) < 4.78 is 30.5. The van der Waals surface area contributed by atoms with Crippen molar-refractivity contribution in [3.63, 3.8) is 0 Å². The number of hydrogen-bond acceptors (Lipinski definition) is 5. The van der Waals surface area contributed by atoms with E-state index in [0.29, 0.717) is 26.2 Å². The third kappa shape index (κ3) is 2.76. The van der Waals surface area contributed by atoms with Crippen LogP contribution in [0.2, 0.25) is 0 Å². The number of halogens is 1. The molecule has 7 nitrogen and oxygen atoms in total. The second kappa shape index (κ2) is 6.39. The molecule has 2 N–H and O–H groups in total. The van der Waals surface area contributed by atoms with Gasteiger partial charge in [0.05, 0.1) is 12.4 Å². The summed E-state index contributed by atoms with van der Waals surface area (Å²) in [5.74, 6) is 0.00842. The van der Waals surface area contributed by atoms with E-state index in [-0.39, 0.29) is 30.3 Å². The minimum atomic E-state index is -3.20. The number of ether oxygens (including phenoxy) is 1. The molecule has 3 fully saturated rings. The van der Waals surface area contributed by atoms with Crippen molar-refractivity contribution in [1.82, 2.24) is 9.21 Å². The molecule has 1 saturated carbocycles. The fraction of sp³-hybridized carbons (Fsp3) is 0.933. The van der Waals surface area contributed by atoms with Crippen LogP contribution in [-0.4, -0.2) is 74.2 Å². The molecule has 9 heteroatoms. The zero-order chi connectivity index (χ0) is 17.0. The maximum atomic E-state index is 13.1. The Labute approximate surface area is 150 Å². The SMILES string of the molecule is CC1(C)C2OCCCC2C1(N)C(=O)N1CCN(S(C)(=O)=O)CC1.Cl. The lowest BCUT2D eigenvalue weighted by molar-refractivity contribution is -0.230. The number of nitrogens with zero attached hydrogens (tertiary/aromatic N) is 2. The molecule has 3 unspecified atom stereocenters. The smallest absolute Gasteiger partial charge is 0.243 e. The maximum absolute atomic E-state index is 13.1. The highest BCUT2D eigenvalue weighted by Crippen LogP contribution is 2.58. The standard InChI is InChI=1S/C15H27N3O4S.ClH/c1-14(2)12-11(5-4-10-22-12)15(14,16)13(19)17-6-8-18(9-7-17)23(3,20)21;/h11-12H,4-10,16H2,1-3H3;1H. The van der Waals surface area contributed by atoms with Crippen LogP contribution in [0.4, 0.5) is 0 Å². The lowest BCUT2D eigenvalue weighted by atomic mass is 9.46. The minimum Gasteiger partial charge on any atom is -0.377 e. The third-order valence-electron chi connectivity index (χ3n) is 6.03. The van der Waals surface area contributed by atoms with E-state index in [1.165, 1.54) is 10.6 Å². The first-order valence-corrected chi connectivity index (χ1v) is 10.1. The molecule has 2 saturated heterocycles. The molecular weight excluding hydrogens is 354 g/mol. The lowest BCUT2D eigenvalue weighted by Crippen LogP contribution is -2.82. The molecule has 24 heavy (non-hydrogen) atoms. The van der Waals surface area contributed by atoms with Crippen LogP contribution in [-0.2, 0) is 19.6 Å². The van der Waals surface area contributed by atoms with E-state index in [9.17, 15) is 13.2 Å². The van der Waals surface area contributed by atoms with E-state index in [1.807, 2.05) is 13.8 Å². The quantitative estimate of drug-likeness (QED) is 0.729. The molecular formula is C15H28ClN3O4S. The summed E-state index contributed by atoms with van der Waals surface area (Å²) in [5.41, 5.74) is 5.32. The Morgan fingerprint density at radius 3 is 2.33 bits per heavy atom. The highest BCUT2D eigenvalue weighted by molar-refractivity contribution is 7.88. The average Bonchev–Trinajstić information content (AvgIpc) is 2.52. The summed E-state index contributed by atoms with van der Waals surface area (Å²) in [4.78, 5) is 14.8. The third-order valence-corrected chi connectivity index (χ3v) is 7.34. The fourth-order valence-corrected chi connectivity index (χ4v) is 5.32. The number of carbonyl (C=O) groups excluding carboxylic acids is 1. The molecule has 1 aliphatic carbocycles. The number of fused-ring (bicyclic) bond motifs is 1. The van der Waals surface area contributed by atoms with Crippen LogP contribution in [0.15, 0.2) is 0 Å². The Morgan fingerprint density at radius 1 is 1.21 bits per heavy atom. The summed E-state index contributed by atoms with van der Waals surface area (Å²) >= 11 is 0. The van der Waals surface area contributed by atoms with Gasteiger partial charge in [-0.1, -0.05) is 13.8 Å². The van der Waals surface area contributed by atoms with E-state index in [2.05, 4.69) is 0 Å². The maximum Gasteiger partial charge on any atom is 0.243 e. The fourth-order valence-electron chi connectivity index (χ4n) is 4.49. The minimum absolute atomic E-state index is 0. The van der Waals surface area contributed by atoms with Crippen molar-refractivity contribution in [1.29, 1.82) is 0 Å². The second-order valence-corrected chi connectivity index (χ2v) is 9.57. The van der Waals surface area contributed by atoms with Gasteiger partial charge in [-0.2, -0.15) is 4.31 Å². The van der Waals surface area contributed by atoms with Crippen molar-refractivity contribution in [2.45, 2.75) is 38.3 Å². The molecule has 0 aromatic heterocycles. The van der Waals surface area contributed by atoms with E-state index in [1.54, 1.807) is 4.90 Å². The monoisotopic (exact) mass is 381 g/mol. The first kappa shape index (κ1) is 19.9. The van der Waals surface area contributed by atoms with Crippen LogP contribution in [0.1, 0.15) is 26.7 Å². The highest BCUT2D eigenvalue weighted by atomic mass is 35.5. The van der Waals surface area contributed by atoms with Gasteiger partial charge in [-0.05, 0) is 12.8 Å². The van der Waals surface area contributed by atoms with Crippen LogP contribution < -0.4 is 5.73 Å². The highest BCUT2D eigenvalue weighted by Gasteiger charge is 2.70. The number of hydrogen-bond donors (Lipinski definition) is 1. The average molecular weight is 382 g/mol. The molecule has 1 amide bonds. The zero-order valence-electron chi connectivity index (χ0n) is 14.5. The Bertz CT molecular complexity index is 604. The van der Waals surface area contributed by atoms with Crippen molar-refractivity contribution < 1.29 is 17.9 Å². The number of piperazine rings is 1. The van der Waals surface area contributed by atoms with E-state index >= 15 is 0 Å². The molecule has 3 rings (SSSR count). The van der Waals surface area contributed by atoms with E-state index in [4.69, 9.17) is 10.5 Å². The second-order valence-electron chi connectivity index (χ2n) is 7.59. The van der Waals surface area contributed by atoms with Crippen LogP contribution in [0.3, 0.4) is 0 Å². The van der Waals surface area contributed by atoms with Crippen LogP contribution in [0, 0.1) is 11.3 Å². The molecule has 3 atom stereocenters. The van der Waals surface area contributed by atoms with Crippen molar-refractivity contribution in [2.24, 2.45) is 17.1 Å². The first-order chi connectivity index (χ1) is 10.6. The molecule has 0 spiro atoms. The van der Waals surface area contributed by atoms with Crippen LogP contribution in [0.25, 0.3) is 0 Å². The van der Waals surface area contributed by atoms with Crippen molar-refractivity contribution in [3.8, 4) is 0 Å². The van der Waals surface area contributed by atoms with Crippen LogP contribution >= 0.6 is 12.4 Å². The lowest BCUT2D eigenvalue weighted by Gasteiger charge is -2.66. The predicted molar refractivity (Wildman–Crippen MR) is 93.4 cm³/mol. The molecule has 140 valence electrons. The number of carbonyl (C=O) groups is 1. The Balaban J connectivity index is 0.00000208. The first-order valence-electron chi connectivity index (χ1n) is 8.25. The zero-order valence-corrected chi connectivity index (χ0v) is 16.2. The van der Waals surface area contributed by atoms with Gasteiger partial charge in [0, 0.05) is 44.1 Å². The Hall–Kier alpha value is -0.410. The van der Waals surface area contributed by atoms with Crippen LogP contribution in [0.5, 0.6) is 0 Å². The van der Waals surface area contributed by atoms with E-state index in [0.717, 1.165) is 19.4 Å². The molecule has 0 radical (unpaired) electrons. The number of rotatable bonds is 2. The van der Waals surface area contributed by atoms with E-state index < -0.39 is 21.0 Å². The summed E-state index contributed by atoms with van der Waals surface area (Å²) in [6.45, 7) is 6.23. The molecule has 0 bridgehead atoms. The largest absolute Gasteiger partial charge is 0.377 e. The molecule has 0 aromatic carbocycles. The van der Waals surface area contributed by atoms with Gasteiger partial charge in [0.2, 0.25) is 15.9 Å². The summed E-state index contributed by atoms with van der Waals surface area (Å²) in [5, 5.41) is 0. The summed E-state index contributed by atoms with van der Waals surface area (Å²) in [6.07, 6.45) is 3.10. The number of amides is 1. The van der Waals surface area contributed by atoms with Gasteiger partial charge in [0.25, 0.3) is 0 Å². The molecule has 0 aromatic rings. The molecule has 3 aliphatic rings. The normalized spacial score (nSPS) is 36.2. The Kier molecular flexibility index (Phi) is 5.30. The van der Waals surface area contributed by atoms with Gasteiger partial charge in [0.1, 0.15) is 5.54 Å². The van der Waals surface area contributed by atoms with Gasteiger partial charge in [0.15, 0.2) is 0 Å². The summed E-state index contributed by atoms with van der Waals surface area (Å²) in [7, 11) is -3.20. The topological polar surface area (TPSA) is 92.9 Å². The molecule has 2 aliphatic heterocycles. The molecule has 2 heterocycles.